The van der Waals surface area contributed by atoms with E-state index in [0.717, 1.165) is 51.6 Å². The molecule has 6 nitrogen and oxygen atoms in total. The first kappa shape index (κ1) is 38.7. The van der Waals surface area contributed by atoms with E-state index in [0.29, 0.717) is 18.9 Å². The molecule has 0 aliphatic heterocycles. The average Bonchev–Trinajstić information content (AvgIpc) is 2.89. The zero-order valence-electron chi connectivity index (χ0n) is 27.6. The molecule has 6 heteroatoms. The second-order valence-corrected chi connectivity index (χ2v) is 12.9. The fraction of sp³-hybridized carbons (Fsp3) is 0.941. The van der Waals surface area contributed by atoms with Crippen molar-refractivity contribution in [1.82, 2.24) is 10.6 Å². The first-order valence-electron chi connectivity index (χ1n) is 17.0. The zero-order chi connectivity index (χ0) is 29.9. The monoisotopic (exact) mass is 569 g/mol. The van der Waals surface area contributed by atoms with Gasteiger partial charge in [-0.2, -0.15) is 0 Å². The van der Waals surface area contributed by atoms with Gasteiger partial charge >= 0.3 is 12.1 Å². The minimum Gasteiger partial charge on any atom is -0.462 e. The maximum absolute atomic E-state index is 12.5. The van der Waals surface area contributed by atoms with E-state index in [1.807, 2.05) is 20.8 Å². The molecule has 0 aliphatic rings. The quantitative estimate of drug-likeness (QED) is 0.0762. The van der Waals surface area contributed by atoms with Gasteiger partial charge in [0.05, 0.1) is 0 Å². The molecule has 1 atom stereocenters. The molecule has 0 aromatic carbocycles. The molecule has 0 aromatic heterocycles. The van der Waals surface area contributed by atoms with E-state index in [-0.39, 0.29) is 18.2 Å². The molecule has 0 saturated carbocycles. The molecule has 0 aliphatic carbocycles. The Balaban J connectivity index is 3.92. The van der Waals surface area contributed by atoms with E-state index >= 15 is 0 Å². The van der Waals surface area contributed by atoms with Crippen LogP contribution in [0.15, 0.2) is 0 Å². The molecule has 40 heavy (non-hydrogen) atoms. The number of esters is 1. The molecule has 0 bridgehead atoms. The van der Waals surface area contributed by atoms with E-state index in [9.17, 15) is 9.59 Å². The van der Waals surface area contributed by atoms with Crippen molar-refractivity contribution in [3.8, 4) is 0 Å². The predicted octanol–water partition coefficient (Wildman–Crippen LogP) is 9.49. The smallest absolute Gasteiger partial charge is 0.407 e. The van der Waals surface area contributed by atoms with Gasteiger partial charge in [0.2, 0.25) is 0 Å². The number of nitrogens with one attached hydrogen (secondary N) is 2. The van der Waals surface area contributed by atoms with E-state index in [1.54, 1.807) is 0 Å². The molecule has 0 fully saturated rings. The largest absolute Gasteiger partial charge is 0.462 e. The molecular weight excluding hydrogens is 500 g/mol. The van der Waals surface area contributed by atoms with Gasteiger partial charge in [-0.1, -0.05) is 104 Å². The Morgan fingerprint density at radius 1 is 0.675 bits per heavy atom. The molecule has 2 N–H and O–H groups in total. The molecule has 0 aromatic rings. The lowest BCUT2D eigenvalue weighted by Gasteiger charge is -2.21. The van der Waals surface area contributed by atoms with Gasteiger partial charge in [0, 0.05) is 13.0 Å². The summed E-state index contributed by atoms with van der Waals surface area (Å²) >= 11 is 0. The molecule has 238 valence electrons. The minimum absolute atomic E-state index is 0.0117. The summed E-state index contributed by atoms with van der Waals surface area (Å²) in [5.41, 5.74) is -0.464. The van der Waals surface area contributed by atoms with Gasteiger partial charge in [-0.15, -0.1) is 0 Å². The van der Waals surface area contributed by atoms with E-state index < -0.39 is 5.60 Å². The summed E-state index contributed by atoms with van der Waals surface area (Å²) < 4.78 is 11.2. The molecule has 1 unspecified atom stereocenters. The normalized spacial score (nSPS) is 12.5. The van der Waals surface area contributed by atoms with E-state index in [1.165, 1.54) is 83.5 Å². The fourth-order valence-corrected chi connectivity index (χ4v) is 4.85. The van der Waals surface area contributed by atoms with Gasteiger partial charge in [-0.05, 0) is 78.3 Å². The highest BCUT2D eigenvalue weighted by atomic mass is 16.6. The molecule has 0 rings (SSSR count). The van der Waals surface area contributed by atoms with Crippen molar-refractivity contribution in [1.29, 1.82) is 0 Å². The van der Waals surface area contributed by atoms with Gasteiger partial charge < -0.3 is 20.1 Å². The lowest BCUT2D eigenvalue weighted by Crippen LogP contribution is -2.37. The number of amides is 1. The lowest BCUT2D eigenvalue weighted by molar-refractivity contribution is -0.150. The highest BCUT2D eigenvalue weighted by Crippen LogP contribution is 2.18. The van der Waals surface area contributed by atoms with Crippen LogP contribution in [0.4, 0.5) is 4.79 Å². The third-order valence-electron chi connectivity index (χ3n) is 7.28. The number of alkyl carbamates (subject to hydrolysis) is 1. The van der Waals surface area contributed by atoms with Crippen molar-refractivity contribution < 1.29 is 19.1 Å². The topological polar surface area (TPSA) is 76.7 Å². The molecule has 0 radical (unpaired) electrons. The van der Waals surface area contributed by atoms with Gasteiger partial charge in [-0.25, -0.2) is 4.79 Å². The Kier molecular flexibility index (Phi) is 25.7. The number of carbonyl (C=O) groups excluding carboxylic acids is 2. The highest BCUT2D eigenvalue weighted by molar-refractivity contribution is 5.69. The maximum atomic E-state index is 12.5. The standard InChI is InChI=1S/C34H68N2O4/c1-7-9-11-13-16-20-24-31(25-21-17-14-12-10-8-2)39-32(37)26-22-18-15-19-23-27-35-28-30(3)29-36-33(38)40-34(4,5)6/h30-31,35H,7-29H2,1-6H3,(H,36,38). The number of hydrogen-bond donors (Lipinski definition) is 2. The Labute approximate surface area is 248 Å². The van der Waals surface area contributed by atoms with E-state index in [4.69, 9.17) is 9.47 Å². The Hall–Kier alpha value is -1.30. The second kappa shape index (κ2) is 26.6. The number of hydrogen-bond acceptors (Lipinski definition) is 5. The summed E-state index contributed by atoms with van der Waals surface area (Å²) in [6, 6.07) is 0. The maximum Gasteiger partial charge on any atom is 0.407 e. The van der Waals surface area contributed by atoms with Crippen molar-refractivity contribution in [2.24, 2.45) is 5.92 Å². The number of carbonyl (C=O) groups is 2. The van der Waals surface area contributed by atoms with Crippen LogP contribution >= 0.6 is 0 Å². The van der Waals surface area contributed by atoms with Crippen molar-refractivity contribution in [3.05, 3.63) is 0 Å². The molecular formula is C34H68N2O4. The first-order valence-corrected chi connectivity index (χ1v) is 17.0. The van der Waals surface area contributed by atoms with Crippen molar-refractivity contribution >= 4 is 12.1 Å². The van der Waals surface area contributed by atoms with Crippen molar-refractivity contribution in [2.45, 2.75) is 182 Å². The van der Waals surface area contributed by atoms with Crippen LogP contribution in [0.3, 0.4) is 0 Å². The summed E-state index contributed by atoms with van der Waals surface area (Å²) in [7, 11) is 0. The average molecular weight is 569 g/mol. The second-order valence-electron chi connectivity index (χ2n) is 12.9. The summed E-state index contributed by atoms with van der Waals surface area (Å²) in [4.78, 5) is 24.3. The highest BCUT2D eigenvalue weighted by Gasteiger charge is 2.16. The molecule has 0 heterocycles. The number of ether oxygens (including phenoxy) is 2. The zero-order valence-corrected chi connectivity index (χ0v) is 27.6. The summed E-state index contributed by atoms with van der Waals surface area (Å²) in [5.74, 6) is 0.363. The van der Waals surface area contributed by atoms with Crippen molar-refractivity contribution in [2.75, 3.05) is 19.6 Å². The van der Waals surface area contributed by atoms with Crippen LogP contribution < -0.4 is 10.6 Å². The van der Waals surface area contributed by atoms with Crippen LogP contribution in [-0.2, 0) is 14.3 Å². The van der Waals surface area contributed by atoms with Crippen LogP contribution in [0.2, 0.25) is 0 Å². The number of rotatable bonds is 27. The first-order chi connectivity index (χ1) is 19.2. The third-order valence-corrected chi connectivity index (χ3v) is 7.28. The Bertz CT molecular complexity index is 575. The third kappa shape index (κ3) is 28.2. The van der Waals surface area contributed by atoms with Gasteiger partial charge in [0.1, 0.15) is 11.7 Å². The Morgan fingerprint density at radius 2 is 1.18 bits per heavy atom. The van der Waals surface area contributed by atoms with Crippen LogP contribution in [0, 0.1) is 5.92 Å². The van der Waals surface area contributed by atoms with Crippen LogP contribution in [-0.4, -0.2) is 43.4 Å². The SMILES string of the molecule is CCCCCCCCC(CCCCCCCC)OC(=O)CCCCCCCNCC(C)CNC(=O)OC(C)(C)C. The predicted molar refractivity (Wildman–Crippen MR) is 170 cm³/mol. The lowest BCUT2D eigenvalue weighted by atomic mass is 10.0. The summed E-state index contributed by atoms with van der Waals surface area (Å²) in [5, 5.41) is 6.32. The van der Waals surface area contributed by atoms with Crippen molar-refractivity contribution in [3.63, 3.8) is 0 Å². The van der Waals surface area contributed by atoms with E-state index in [2.05, 4.69) is 31.4 Å². The van der Waals surface area contributed by atoms with Crippen LogP contribution in [0.1, 0.15) is 170 Å². The molecule has 0 spiro atoms. The van der Waals surface area contributed by atoms with Crippen LogP contribution in [0.5, 0.6) is 0 Å². The van der Waals surface area contributed by atoms with Gasteiger partial charge in [0.25, 0.3) is 0 Å². The van der Waals surface area contributed by atoms with Gasteiger partial charge in [-0.3, -0.25) is 4.79 Å². The minimum atomic E-state index is -0.464. The summed E-state index contributed by atoms with van der Waals surface area (Å²) in [6.45, 7) is 14.7. The molecule has 0 saturated heterocycles. The van der Waals surface area contributed by atoms with Crippen LogP contribution in [0.25, 0.3) is 0 Å². The molecule has 1 amide bonds. The Morgan fingerprint density at radius 3 is 1.73 bits per heavy atom. The fourth-order valence-electron chi connectivity index (χ4n) is 4.85. The number of unbranched alkanes of at least 4 members (excludes halogenated alkanes) is 14. The summed E-state index contributed by atoms with van der Waals surface area (Å²) in [6.07, 6.45) is 23.3. The van der Waals surface area contributed by atoms with Gasteiger partial charge in [0.15, 0.2) is 0 Å².